The number of hydrogen-bond donors (Lipinski definition) is 1. The number of carbonyl (C=O) groups is 1. The zero-order valence-electron chi connectivity index (χ0n) is 8.77. The van der Waals surface area contributed by atoms with Crippen LogP contribution in [0, 0.1) is 0 Å². The van der Waals surface area contributed by atoms with E-state index in [-0.39, 0.29) is 17.3 Å². The molecule has 1 rings (SSSR count). The molecule has 0 radical (unpaired) electrons. The topological polar surface area (TPSA) is 29.1 Å². The quantitative estimate of drug-likeness (QED) is 0.915. The van der Waals surface area contributed by atoms with E-state index >= 15 is 0 Å². The van der Waals surface area contributed by atoms with Crippen LogP contribution in [0.2, 0.25) is 0 Å². The van der Waals surface area contributed by atoms with E-state index in [2.05, 4.69) is 21.2 Å². The Hall–Kier alpha value is -0.690. The van der Waals surface area contributed by atoms with Crippen molar-refractivity contribution in [1.82, 2.24) is 0 Å². The zero-order valence-corrected chi connectivity index (χ0v) is 11.2. The summed E-state index contributed by atoms with van der Waals surface area (Å²) in [5, 5.41) is 2.42. The van der Waals surface area contributed by atoms with Gasteiger partial charge in [-0.1, -0.05) is 0 Å². The van der Waals surface area contributed by atoms with Crippen LogP contribution in [0.5, 0.6) is 0 Å². The lowest BCUT2D eigenvalue weighted by Crippen LogP contribution is -2.15. The molecule has 94 valence electrons. The molecular weight excluding hydrogens is 319 g/mol. The molecule has 1 amide bonds. The molecule has 0 aliphatic heterocycles. The van der Waals surface area contributed by atoms with Crippen molar-refractivity contribution in [3.05, 3.63) is 28.2 Å². The minimum atomic E-state index is -4.42. The number of carbonyl (C=O) groups excluding carboxylic acids is 1. The van der Waals surface area contributed by atoms with Gasteiger partial charge in [0.25, 0.3) is 0 Å². The third-order valence-electron chi connectivity index (χ3n) is 1.84. The monoisotopic (exact) mass is 327 g/mol. The molecule has 7 heteroatoms. The number of benzene rings is 1. The molecule has 0 aliphatic rings. The Balaban J connectivity index is 2.95. The van der Waals surface area contributed by atoms with Crippen molar-refractivity contribution in [2.24, 2.45) is 0 Å². The van der Waals surface area contributed by atoms with Crippen LogP contribution in [-0.2, 0) is 11.0 Å². The van der Waals surface area contributed by atoms with Gasteiger partial charge in [0, 0.05) is 4.47 Å². The Labute approximate surface area is 109 Å². The molecule has 0 saturated carbocycles. The smallest absolute Gasteiger partial charge is 0.324 e. The second-order valence-electron chi connectivity index (χ2n) is 3.17. The molecule has 0 spiro atoms. The summed E-state index contributed by atoms with van der Waals surface area (Å²) in [5.41, 5.74) is -0.668. The highest BCUT2D eigenvalue weighted by Crippen LogP contribution is 2.33. The Bertz CT molecular complexity index is 423. The normalized spacial score (nSPS) is 11.4. The minimum absolute atomic E-state index is 0.124. The first kappa shape index (κ1) is 14.4. The Morgan fingerprint density at radius 2 is 2.12 bits per heavy atom. The van der Waals surface area contributed by atoms with Crippen LogP contribution in [0.4, 0.5) is 18.9 Å². The lowest BCUT2D eigenvalue weighted by Gasteiger charge is -2.11. The van der Waals surface area contributed by atoms with Crippen molar-refractivity contribution in [3.8, 4) is 0 Å². The van der Waals surface area contributed by atoms with Gasteiger partial charge < -0.3 is 5.32 Å². The average Bonchev–Trinajstić information content (AvgIpc) is 2.20. The second kappa shape index (κ2) is 5.77. The fraction of sp³-hybridized carbons (Fsp3) is 0.300. The molecular formula is C10H9BrF3NOS. The Kier molecular flexibility index (Phi) is 4.88. The lowest BCUT2D eigenvalue weighted by molar-refractivity contribution is -0.137. The molecule has 2 nitrogen and oxygen atoms in total. The first-order chi connectivity index (χ1) is 7.84. The molecule has 0 unspecified atom stereocenters. The van der Waals surface area contributed by atoms with Crippen molar-refractivity contribution in [2.75, 3.05) is 17.3 Å². The molecule has 0 saturated heterocycles. The fourth-order valence-corrected chi connectivity index (χ4v) is 1.79. The Morgan fingerprint density at radius 3 is 2.65 bits per heavy atom. The lowest BCUT2D eigenvalue weighted by atomic mass is 10.2. The summed E-state index contributed by atoms with van der Waals surface area (Å²) in [6.45, 7) is 0. The van der Waals surface area contributed by atoms with E-state index in [1.54, 1.807) is 6.26 Å². The van der Waals surface area contributed by atoms with Crippen LogP contribution in [0.3, 0.4) is 0 Å². The van der Waals surface area contributed by atoms with Crippen LogP contribution in [-0.4, -0.2) is 17.9 Å². The van der Waals surface area contributed by atoms with Gasteiger partial charge in [-0.2, -0.15) is 24.9 Å². The van der Waals surface area contributed by atoms with Crippen molar-refractivity contribution >= 4 is 39.3 Å². The number of alkyl halides is 3. The molecule has 0 fully saturated rings. The van der Waals surface area contributed by atoms with Crippen molar-refractivity contribution in [2.45, 2.75) is 6.18 Å². The fourth-order valence-electron chi connectivity index (χ4n) is 1.11. The number of hydrogen-bond acceptors (Lipinski definition) is 2. The highest BCUT2D eigenvalue weighted by molar-refractivity contribution is 9.10. The number of nitrogens with one attached hydrogen (secondary N) is 1. The molecule has 1 aromatic carbocycles. The zero-order chi connectivity index (χ0) is 13.1. The average molecular weight is 328 g/mol. The molecule has 0 heterocycles. The molecule has 0 bridgehead atoms. The third kappa shape index (κ3) is 4.23. The van der Waals surface area contributed by atoms with E-state index in [9.17, 15) is 18.0 Å². The predicted octanol–water partition coefficient (Wildman–Crippen LogP) is 3.77. The van der Waals surface area contributed by atoms with Gasteiger partial charge >= 0.3 is 6.18 Å². The van der Waals surface area contributed by atoms with Crippen LogP contribution in [0.15, 0.2) is 22.7 Å². The SMILES string of the molecule is CSCC(=O)Nc1cc(C(F)(F)F)ccc1Br. The van der Waals surface area contributed by atoms with Gasteiger partial charge in [0.05, 0.1) is 17.0 Å². The van der Waals surface area contributed by atoms with Crippen LogP contribution in [0.25, 0.3) is 0 Å². The molecule has 0 aromatic heterocycles. The summed E-state index contributed by atoms with van der Waals surface area (Å²) in [7, 11) is 0. The second-order valence-corrected chi connectivity index (χ2v) is 4.89. The van der Waals surface area contributed by atoms with Crippen LogP contribution < -0.4 is 5.32 Å². The standard InChI is InChI=1S/C10H9BrF3NOS/c1-17-5-9(16)15-8-4-6(10(12,13)14)2-3-7(8)11/h2-4H,5H2,1H3,(H,15,16). The Morgan fingerprint density at radius 1 is 1.47 bits per heavy atom. The summed E-state index contributed by atoms with van der Waals surface area (Å²) in [4.78, 5) is 11.3. The summed E-state index contributed by atoms with van der Waals surface area (Å²) in [6, 6.07) is 3.12. The van der Waals surface area contributed by atoms with Crippen molar-refractivity contribution in [3.63, 3.8) is 0 Å². The summed E-state index contributed by atoms with van der Waals surface area (Å²) >= 11 is 4.38. The molecule has 1 N–H and O–H groups in total. The summed E-state index contributed by atoms with van der Waals surface area (Å²) in [5.74, 6) is -0.139. The molecule has 17 heavy (non-hydrogen) atoms. The predicted molar refractivity (Wildman–Crippen MR) is 66.2 cm³/mol. The van der Waals surface area contributed by atoms with Gasteiger partial charge in [-0.25, -0.2) is 0 Å². The number of halogens is 4. The van der Waals surface area contributed by atoms with Crippen LogP contribution in [0.1, 0.15) is 5.56 Å². The number of amides is 1. The van der Waals surface area contributed by atoms with Crippen molar-refractivity contribution in [1.29, 1.82) is 0 Å². The van der Waals surface area contributed by atoms with E-state index in [1.165, 1.54) is 17.8 Å². The maximum Gasteiger partial charge on any atom is 0.416 e. The van der Waals surface area contributed by atoms with Gasteiger partial charge in [-0.05, 0) is 40.4 Å². The van der Waals surface area contributed by atoms with E-state index in [0.29, 0.717) is 4.47 Å². The number of thioether (sulfide) groups is 1. The highest BCUT2D eigenvalue weighted by atomic mass is 79.9. The van der Waals surface area contributed by atoms with Gasteiger partial charge in [-0.3, -0.25) is 4.79 Å². The van der Waals surface area contributed by atoms with Crippen molar-refractivity contribution < 1.29 is 18.0 Å². The first-order valence-corrected chi connectivity index (χ1v) is 6.69. The van der Waals surface area contributed by atoms with E-state index < -0.39 is 11.7 Å². The molecule has 0 aliphatic carbocycles. The maximum absolute atomic E-state index is 12.5. The van der Waals surface area contributed by atoms with Gasteiger partial charge in [0.15, 0.2) is 0 Å². The minimum Gasteiger partial charge on any atom is -0.324 e. The van der Waals surface area contributed by atoms with E-state index in [1.807, 2.05) is 0 Å². The summed E-state index contributed by atoms with van der Waals surface area (Å²) < 4.78 is 37.8. The number of rotatable bonds is 3. The highest BCUT2D eigenvalue weighted by Gasteiger charge is 2.31. The molecule has 1 aromatic rings. The van der Waals surface area contributed by atoms with Crippen LogP contribution >= 0.6 is 27.7 Å². The summed E-state index contributed by atoms with van der Waals surface area (Å²) in [6.07, 6.45) is -2.68. The van der Waals surface area contributed by atoms with Gasteiger partial charge in [0.2, 0.25) is 5.91 Å². The van der Waals surface area contributed by atoms with Gasteiger partial charge in [0.1, 0.15) is 0 Å². The van der Waals surface area contributed by atoms with E-state index in [4.69, 9.17) is 0 Å². The number of anilines is 1. The van der Waals surface area contributed by atoms with E-state index in [0.717, 1.165) is 12.1 Å². The first-order valence-electron chi connectivity index (χ1n) is 4.50. The third-order valence-corrected chi connectivity index (χ3v) is 3.09. The molecule has 0 atom stereocenters. The maximum atomic E-state index is 12.5. The van der Waals surface area contributed by atoms with Gasteiger partial charge in [-0.15, -0.1) is 0 Å². The largest absolute Gasteiger partial charge is 0.416 e.